The molecule has 11 nitrogen and oxygen atoms in total. The molecule has 164 valence electrons. The first kappa shape index (κ1) is 22.2. The maximum atomic E-state index is 11.8. The molecule has 0 spiro atoms. The van der Waals surface area contributed by atoms with E-state index in [-0.39, 0.29) is 29.1 Å². The molecule has 3 aromatic rings. The lowest BCUT2D eigenvalue weighted by Gasteiger charge is -2.12. The molecule has 0 bridgehead atoms. The second-order valence-electron chi connectivity index (χ2n) is 6.84. The van der Waals surface area contributed by atoms with Crippen molar-refractivity contribution in [3.05, 3.63) is 64.5 Å². The zero-order valence-corrected chi connectivity index (χ0v) is 17.6. The van der Waals surface area contributed by atoms with Crippen molar-refractivity contribution >= 4 is 51.9 Å². The molecule has 0 aliphatic carbocycles. The molecule has 32 heavy (non-hydrogen) atoms. The molecule has 0 fully saturated rings. The van der Waals surface area contributed by atoms with Gasteiger partial charge in [0.1, 0.15) is 5.82 Å². The van der Waals surface area contributed by atoms with Crippen molar-refractivity contribution in [3.63, 3.8) is 0 Å². The highest BCUT2D eigenvalue weighted by Crippen LogP contribution is 2.34. The summed E-state index contributed by atoms with van der Waals surface area (Å²) in [6.45, 7) is 4.43. The van der Waals surface area contributed by atoms with Gasteiger partial charge in [0.25, 0.3) is 0 Å². The van der Waals surface area contributed by atoms with Crippen molar-refractivity contribution in [3.8, 4) is 0 Å². The Bertz CT molecular complexity index is 1080. The number of hydrogen-bond donors (Lipinski definition) is 4. The Morgan fingerprint density at radius 2 is 1.09 bits per heavy atom. The monoisotopic (exact) mass is 435 g/mol. The van der Waals surface area contributed by atoms with Crippen LogP contribution in [0.5, 0.6) is 0 Å². The molecule has 0 atom stereocenters. The van der Waals surface area contributed by atoms with Crippen LogP contribution in [0, 0.1) is 17.0 Å². The topological polar surface area (TPSA) is 151 Å². The number of anilines is 6. The van der Waals surface area contributed by atoms with Crippen molar-refractivity contribution in [2.45, 2.75) is 20.8 Å². The number of amides is 2. The molecule has 11 heteroatoms. The summed E-state index contributed by atoms with van der Waals surface area (Å²) in [7, 11) is 0. The Labute approximate surface area is 183 Å². The first-order chi connectivity index (χ1) is 15.2. The number of nitro groups is 1. The maximum Gasteiger partial charge on any atom is 0.353 e. The molecule has 3 rings (SSSR count). The van der Waals surface area contributed by atoms with E-state index in [0.29, 0.717) is 28.6 Å². The number of rotatable bonds is 7. The Morgan fingerprint density at radius 3 is 1.41 bits per heavy atom. The van der Waals surface area contributed by atoms with Crippen molar-refractivity contribution < 1.29 is 14.5 Å². The summed E-state index contributed by atoms with van der Waals surface area (Å²) in [5.74, 6) is -0.0354. The average Bonchev–Trinajstić information content (AvgIpc) is 2.69. The van der Waals surface area contributed by atoms with Crippen LogP contribution in [0.3, 0.4) is 0 Å². The molecule has 1 aromatic heterocycles. The van der Waals surface area contributed by atoms with E-state index < -0.39 is 4.92 Å². The van der Waals surface area contributed by atoms with E-state index in [1.165, 1.54) is 13.8 Å². The number of hydrogen-bond acceptors (Lipinski definition) is 8. The highest BCUT2D eigenvalue weighted by molar-refractivity contribution is 5.89. The van der Waals surface area contributed by atoms with E-state index >= 15 is 0 Å². The molecule has 0 saturated carbocycles. The quantitative estimate of drug-likeness (QED) is 0.320. The second kappa shape index (κ2) is 9.51. The van der Waals surface area contributed by atoms with Crippen LogP contribution < -0.4 is 21.3 Å². The van der Waals surface area contributed by atoms with E-state index in [4.69, 9.17) is 0 Å². The highest BCUT2D eigenvalue weighted by Gasteiger charge is 2.24. The fourth-order valence-corrected chi connectivity index (χ4v) is 2.87. The zero-order valence-electron chi connectivity index (χ0n) is 17.6. The van der Waals surface area contributed by atoms with Crippen LogP contribution in [0.4, 0.5) is 40.1 Å². The Hall–Kier alpha value is -4.54. The zero-order chi connectivity index (χ0) is 23.3. The maximum absolute atomic E-state index is 11.8. The van der Waals surface area contributed by atoms with Gasteiger partial charge in [0.2, 0.25) is 23.5 Å². The molecule has 0 unspecified atom stereocenters. The summed E-state index contributed by atoms with van der Waals surface area (Å²) >= 11 is 0. The largest absolute Gasteiger partial charge is 0.353 e. The summed E-state index contributed by atoms with van der Waals surface area (Å²) in [5, 5.41) is 23.0. The molecule has 1 heterocycles. The van der Waals surface area contributed by atoms with Crippen LogP contribution in [-0.2, 0) is 9.59 Å². The predicted molar refractivity (Wildman–Crippen MR) is 121 cm³/mol. The van der Waals surface area contributed by atoms with Gasteiger partial charge in [0, 0.05) is 36.6 Å². The van der Waals surface area contributed by atoms with Gasteiger partial charge in [-0.15, -0.1) is 0 Å². The van der Waals surface area contributed by atoms with Crippen LogP contribution in [0.15, 0.2) is 48.5 Å². The highest BCUT2D eigenvalue weighted by atomic mass is 16.6. The van der Waals surface area contributed by atoms with Crippen molar-refractivity contribution in [2.24, 2.45) is 0 Å². The molecular formula is C21H21N7O4. The summed E-state index contributed by atoms with van der Waals surface area (Å²) < 4.78 is 0. The Morgan fingerprint density at radius 1 is 0.750 bits per heavy atom. The minimum Gasteiger partial charge on any atom is -0.334 e. The number of benzene rings is 2. The number of carbonyl (C=O) groups excluding carboxylic acids is 2. The van der Waals surface area contributed by atoms with Gasteiger partial charge in [-0.05, 0) is 55.5 Å². The SMILES string of the molecule is CC(=O)Nc1ccc(Nc2nc(C)nc(Nc3ccc(NC(C)=O)cc3)c2[N+](=O)[O-])cc1. The molecule has 0 radical (unpaired) electrons. The third-order valence-corrected chi connectivity index (χ3v) is 4.11. The number of nitrogens with zero attached hydrogens (tertiary/aromatic N) is 3. The number of carbonyl (C=O) groups is 2. The van der Waals surface area contributed by atoms with Crippen LogP contribution in [0.25, 0.3) is 0 Å². The molecule has 2 amide bonds. The van der Waals surface area contributed by atoms with Gasteiger partial charge in [0.05, 0.1) is 4.92 Å². The van der Waals surface area contributed by atoms with Crippen LogP contribution in [0.1, 0.15) is 19.7 Å². The smallest absolute Gasteiger partial charge is 0.334 e. The summed E-state index contributed by atoms with van der Waals surface area (Å²) in [6.07, 6.45) is 0. The average molecular weight is 435 g/mol. The molecule has 0 saturated heterocycles. The Kier molecular flexibility index (Phi) is 6.59. The lowest BCUT2D eigenvalue weighted by molar-refractivity contribution is -0.383. The van der Waals surface area contributed by atoms with Crippen LogP contribution in [0.2, 0.25) is 0 Å². The molecule has 0 aliphatic heterocycles. The Balaban J connectivity index is 1.89. The van der Waals surface area contributed by atoms with Crippen molar-refractivity contribution in [1.29, 1.82) is 0 Å². The first-order valence-corrected chi connectivity index (χ1v) is 9.53. The van der Waals surface area contributed by atoms with Gasteiger partial charge >= 0.3 is 5.69 Å². The molecular weight excluding hydrogens is 414 g/mol. The van der Waals surface area contributed by atoms with Crippen LogP contribution >= 0.6 is 0 Å². The predicted octanol–water partition coefficient (Wildman–Crippen LogP) is 4.10. The van der Waals surface area contributed by atoms with Crippen molar-refractivity contribution in [1.82, 2.24) is 9.97 Å². The standard InChI is InChI=1S/C21H21N7O4/c1-12-22-20(26-17-8-4-15(5-9-17)24-13(2)29)19(28(31)32)21(23-12)27-18-10-6-16(7-11-18)25-14(3)30/h4-11H,1-3H3,(H,24,29)(H,25,30)(H2,22,23,26,27). The lowest BCUT2D eigenvalue weighted by atomic mass is 10.2. The number of aryl methyl sites for hydroxylation is 1. The molecule has 2 aromatic carbocycles. The molecule has 4 N–H and O–H groups in total. The van der Waals surface area contributed by atoms with E-state index in [1.807, 2.05) is 0 Å². The summed E-state index contributed by atoms with van der Waals surface area (Å²) in [5.41, 5.74) is 1.97. The van der Waals surface area contributed by atoms with Crippen molar-refractivity contribution in [2.75, 3.05) is 21.3 Å². The van der Waals surface area contributed by atoms with Gasteiger partial charge in [-0.3, -0.25) is 19.7 Å². The number of aromatic nitrogens is 2. The van der Waals surface area contributed by atoms with Gasteiger partial charge in [-0.25, -0.2) is 9.97 Å². The third kappa shape index (κ3) is 5.75. The third-order valence-electron chi connectivity index (χ3n) is 4.11. The minimum absolute atomic E-state index is 0.0205. The van der Waals surface area contributed by atoms with E-state index in [0.717, 1.165) is 0 Å². The van der Waals surface area contributed by atoms with Gasteiger partial charge < -0.3 is 21.3 Å². The van der Waals surface area contributed by atoms with Gasteiger partial charge in [0.15, 0.2) is 0 Å². The minimum atomic E-state index is -0.568. The van der Waals surface area contributed by atoms with Crippen LogP contribution in [-0.4, -0.2) is 26.7 Å². The van der Waals surface area contributed by atoms with E-state index in [1.54, 1.807) is 55.5 Å². The summed E-state index contributed by atoms with van der Waals surface area (Å²) in [6, 6.07) is 13.3. The fourth-order valence-electron chi connectivity index (χ4n) is 2.87. The normalized spacial score (nSPS) is 10.2. The van der Waals surface area contributed by atoms with Gasteiger partial charge in [-0.2, -0.15) is 0 Å². The first-order valence-electron chi connectivity index (χ1n) is 9.53. The van der Waals surface area contributed by atoms with E-state index in [2.05, 4.69) is 31.2 Å². The van der Waals surface area contributed by atoms with Gasteiger partial charge in [-0.1, -0.05) is 0 Å². The molecule has 0 aliphatic rings. The van der Waals surface area contributed by atoms with E-state index in [9.17, 15) is 19.7 Å². The second-order valence-corrected chi connectivity index (χ2v) is 6.84. The lowest BCUT2D eigenvalue weighted by Crippen LogP contribution is -2.08. The fraction of sp³-hybridized carbons (Fsp3) is 0.143. The number of nitrogens with one attached hydrogen (secondary N) is 4. The summed E-state index contributed by atoms with van der Waals surface area (Å²) in [4.78, 5) is 42.0.